The number of aryl methyl sites for hydroxylation is 1. The van der Waals surface area contributed by atoms with Crippen molar-refractivity contribution in [3.05, 3.63) is 29.6 Å². The molecular weight excluding hydrogens is 243 g/mol. The Labute approximate surface area is 100 Å². The molecular formula is C11H15FN2O2S. The monoisotopic (exact) mass is 258 g/mol. The van der Waals surface area contributed by atoms with Crippen molar-refractivity contribution < 1.29 is 12.8 Å². The van der Waals surface area contributed by atoms with E-state index >= 15 is 0 Å². The summed E-state index contributed by atoms with van der Waals surface area (Å²) in [7, 11) is -3.51. The predicted molar refractivity (Wildman–Crippen MR) is 65.0 cm³/mol. The van der Waals surface area contributed by atoms with Crippen LogP contribution in [0.3, 0.4) is 0 Å². The van der Waals surface area contributed by atoms with Crippen LogP contribution < -0.4 is 10.0 Å². The molecule has 1 heterocycles. The van der Waals surface area contributed by atoms with Crippen molar-refractivity contribution in [2.75, 3.05) is 17.8 Å². The maximum Gasteiger partial charge on any atom is 0.237 e. The number of benzene rings is 1. The van der Waals surface area contributed by atoms with Crippen molar-refractivity contribution in [2.45, 2.75) is 18.6 Å². The average molecular weight is 258 g/mol. The standard InChI is InChI=1S/C11H15FN2O2S/c1-8-3-2-4-10(12)11(8)14-17(15,16)9-5-6-13-7-9/h2-4,9,13-14H,5-7H2,1H3. The molecule has 4 nitrogen and oxygen atoms in total. The summed E-state index contributed by atoms with van der Waals surface area (Å²) in [4.78, 5) is 0. The average Bonchev–Trinajstić information content (AvgIpc) is 2.77. The molecule has 1 aliphatic rings. The predicted octanol–water partition coefficient (Wildman–Crippen LogP) is 1.24. The Balaban J connectivity index is 2.26. The number of anilines is 1. The van der Waals surface area contributed by atoms with Crippen molar-refractivity contribution in [3.63, 3.8) is 0 Å². The molecule has 17 heavy (non-hydrogen) atoms. The Morgan fingerprint density at radius 3 is 2.82 bits per heavy atom. The van der Waals surface area contributed by atoms with Crippen molar-refractivity contribution in [2.24, 2.45) is 0 Å². The quantitative estimate of drug-likeness (QED) is 0.857. The molecule has 0 spiro atoms. The SMILES string of the molecule is Cc1cccc(F)c1NS(=O)(=O)C1CCNC1. The first-order chi connectivity index (χ1) is 8.00. The van der Waals surface area contributed by atoms with Crippen LogP contribution in [-0.4, -0.2) is 26.8 Å². The molecule has 1 atom stereocenters. The first-order valence-corrected chi connectivity index (χ1v) is 7.03. The van der Waals surface area contributed by atoms with E-state index < -0.39 is 21.1 Å². The fourth-order valence-corrected chi connectivity index (χ4v) is 3.35. The summed E-state index contributed by atoms with van der Waals surface area (Å²) in [5.74, 6) is -0.542. The molecule has 1 fully saturated rings. The first-order valence-electron chi connectivity index (χ1n) is 5.48. The molecule has 1 unspecified atom stereocenters. The Bertz CT molecular complexity index is 490. The highest BCUT2D eigenvalue weighted by molar-refractivity contribution is 7.93. The molecule has 0 saturated carbocycles. The molecule has 2 N–H and O–H groups in total. The van der Waals surface area contributed by atoms with E-state index in [1.54, 1.807) is 19.1 Å². The number of sulfonamides is 1. The third kappa shape index (κ3) is 2.58. The highest BCUT2D eigenvalue weighted by Crippen LogP contribution is 2.22. The molecule has 0 radical (unpaired) electrons. The summed E-state index contributed by atoms with van der Waals surface area (Å²) >= 11 is 0. The Morgan fingerprint density at radius 2 is 2.24 bits per heavy atom. The van der Waals surface area contributed by atoms with E-state index in [-0.39, 0.29) is 5.69 Å². The third-order valence-electron chi connectivity index (χ3n) is 2.92. The van der Waals surface area contributed by atoms with E-state index in [9.17, 15) is 12.8 Å². The van der Waals surface area contributed by atoms with Gasteiger partial charge in [-0.15, -0.1) is 0 Å². The Kier molecular flexibility index (Phi) is 3.35. The second kappa shape index (κ2) is 4.62. The van der Waals surface area contributed by atoms with Gasteiger partial charge < -0.3 is 5.32 Å². The van der Waals surface area contributed by atoms with E-state index in [2.05, 4.69) is 10.0 Å². The zero-order chi connectivity index (χ0) is 12.5. The zero-order valence-corrected chi connectivity index (χ0v) is 10.3. The summed E-state index contributed by atoms with van der Waals surface area (Å²) < 4.78 is 39.9. The summed E-state index contributed by atoms with van der Waals surface area (Å²) in [5, 5.41) is 2.50. The van der Waals surface area contributed by atoms with Gasteiger partial charge in [-0.05, 0) is 31.5 Å². The Morgan fingerprint density at radius 1 is 1.47 bits per heavy atom. The largest absolute Gasteiger partial charge is 0.315 e. The number of para-hydroxylation sites is 1. The van der Waals surface area contributed by atoms with Crippen LogP contribution in [0.2, 0.25) is 0 Å². The van der Waals surface area contributed by atoms with Gasteiger partial charge in [0.1, 0.15) is 5.82 Å². The van der Waals surface area contributed by atoms with Crippen LogP contribution in [0.1, 0.15) is 12.0 Å². The van der Waals surface area contributed by atoms with Gasteiger partial charge in [-0.3, -0.25) is 4.72 Å². The van der Waals surface area contributed by atoms with Crippen LogP contribution in [-0.2, 0) is 10.0 Å². The second-order valence-corrected chi connectivity index (χ2v) is 6.15. The van der Waals surface area contributed by atoms with Crippen LogP contribution >= 0.6 is 0 Å². The van der Waals surface area contributed by atoms with E-state index in [4.69, 9.17) is 0 Å². The molecule has 1 aromatic rings. The third-order valence-corrected chi connectivity index (χ3v) is 4.69. The molecule has 0 bridgehead atoms. The maximum absolute atomic E-state index is 13.5. The van der Waals surface area contributed by atoms with Crippen LogP contribution in [0.5, 0.6) is 0 Å². The highest BCUT2D eigenvalue weighted by atomic mass is 32.2. The highest BCUT2D eigenvalue weighted by Gasteiger charge is 2.29. The number of nitrogens with one attached hydrogen (secondary N) is 2. The van der Waals surface area contributed by atoms with Gasteiger partial charge >= 0.3 is 0 Å². The molecule has 0 aliphatic carbocycles. The van der Waals surface area contributed by atoms with Crippen molar-refractivity contribution in [1.82, 2.24) is 5.32 Å². The van der Waals surface area contributed by atoms with Crippen LogP contribution in [0.4, 0.5) is 10.1 Å². The smallest absolute Gasteiger partial charge is 0.237 e. The second-order valence-electron chi connectivity index (χ2n) is 4.19. The van der Waals surface area contributed by atoms with Gasteiger partial charge in [0.15, 0.2) is 0 Å². The summed E-state index contributed by atoms with van der Waals surface area (Å²) in [5.41, 5.74) is 0.638. The van der Waals surface area contributed by atoms with Crippen molar-refractivity contribution >= 4 is 15.7 Å². The Hall–Kier alpha value is -1.14. The minimum atomic E-state index is -3.51. The molecule has 0 aromatic heterocycles. The summed E-state index contributed by atoms with van der Waals surface area (Å²) in [6.45, 7) is 2.78. The van der Waals surface area contributed by atoms with Gasteiger partial charge in [0, 0.05) is 6.54 Å². The minimum absolute atomic E-state index is 0.0550. The normalized spacial score (nSPS) is 20.5. The van der Waals surface area contributed by atoms with Crippen LogP contribution in [0.15, 0.2) is 18.2 Å². The number of halogens is 1. The number of hydrogen-bond donors (Lipinski definition) is 2. The van der Waals surface area contributed by atoms with E-state index in [1.807, 2.05) is 0 Å². The van der Waals surface area contributed by atoms with Gasteiger partial charge in [-0.1, -0.05) is 12.1 Å². The van der Waals surface area contributed by atoms with E-state index in [1.165, 1.54) is 6.07 Å². The van der Waals surface area contributed by atoms with Gasteiger partial charge in [0.25, 0.3) is 0 Å². The van der Waals surface area contributed by atoms with Gasteiger partial charge in [-0.25, -0.2) is 12.8 Å². The maximum atomic E-state index is 13.5. The van der Waals surface area contributed by atoms with Gasteiger partial charge in [0.05, 0.1) is 10.9 Å². The van der Waals surface area contributed by atoms with Gasteiger partial charge in [-0.2, -0.15) is 0 Å². The molecule has 94 valence electrons. The molecule has 1 aliphatic heterocycles. The van der Waals surface area contributed by atoms with Crippen LogP contribution in [0, 0.1) is 12.7 Å². The minimum Gasteiger partial charge on any atom is -0.315 e. The lowest BCUT2D eigenvalue weighted by Crippen LogP contribution is -2.30. The lowest BCUT2D eigenvalue weighted by molar-refractivity contribution is 0.586. The van der Waals surface area contributed by atoms with Crippen molar-refractivity contribution in [3.8, 4) is 0 Å². The molecule has 0 amide bonds. The number of hydrogen-bond acceptors (Lipinski definition) is 3. The molecule has 1 aromatic carbocycles. The number of rotatable bonds is 3. The zero-order valence-electron chi connectivity index (χ0n) is 9.53. The summed E-state index contributed by atoms with van der Waals surface area (Å²) in [6.07, 6.45) is 0.558. The lowest BCUT2D eigenvalue weighted by Gasteiger charge is -2.15. The lowest BCUT2D eigenvalue weighted by atomic mass is 10.2. The van der Waals surface area contributed by atoms with E-state index in [0.717, 1.165) is 0 Å². The summed E-state index contributed by atoms with van der Waals surface area (Å²) in [6, 6.07) is 4.48. The fraction of sp³-hybridized carbons (Fsp3) is 0.455. The van der Waals surface area contributed by atoms with Gasteiger partial charge in [0.2, 0.25) is 10.0 Å². The topological polar surface area (TPSA) is 58.2 Å². The molecule has 6 heteroatoms. The molecule has 2 rings (SSSR count). The molecule has 1 saturated heterocycles. The van der Waals surface area contributed by atoms with E-state index in [0.29, 0.717) is 25.1 Å². The van der Waals surface area contributed by atoms with Crippen LogP contribution in [0.25, 0.3) is 0 Å². The fourth-order valence-electron chi connectivity index (χ4n) is 1.88. The van der Waals surface area contributed by atoms with Crippen molar-refractivity contribution in [1.29, 1.82) is 0 Å². The first kappa shape index (κ1) is 12.3.